The molecule has 44 heavy (non-hydrogen) atoms. The van der Waals surface area contributed by atoms with Crippen LogP contribution in [0.25, 0.3) is 0 Å². The van der Waals surface area contributed by atoms with E-state index in [1.54, 1.807) is 0 Å². The molecule has 4 aromatic carbocycles. The summed E-state index contributed by atoms with van der Waals surface area (Å²) < 4.78 is 0. The lowest BCUT2D eigenvalue weighted by atomic mass is 9.72. The van der Waals surface area contributed by atoms with E-state index in [2.05, 4.69) is 13.8 Å². The number of carbonyl (C=O) groups is 3. The number of hydrogen-bond acceptors (Lipinski definition) is 3. The summed E-state index contributed by atoms with van der Waals surface area (Å²) in [4.78, 5) is 39.9. The first-order valence-electron chi connectivity index (χ1n) is 16.2. The SMILES string of the molecule is CC(CCCCCC(=O)CCCCCC(C)(C(=O)c1ccccc1)c1ccccc1)(C(=O)c1ccccc1)c1ccccc1. The summed E-state index contributed by atoms with van der Waals surface area (Å²) in [5.41, 5.74) is 2.37. The summed E-state index contributed by atoms with van der Waals surface area (Å²) in [7, 11) is 0. The Kier molecular flexibility index (Phi) is 12.0. The van der Waals surface area contributed by atoms with Crippen LogP contribution in [0.5, 0.6) is 0 Å². The lowest BCUT2D eigenvalue weighted by Crippen LogP contribution is -2.32. The lowest BCUT2D eigenvalue weighted by Gasteiger charge is -2.29. The molecular formula is C41H46O3. The van der Waals surface area contributed by atoms with Gasteiger partial charge in [0.2, 0.25) is 0 Å². The van der Waals surface area contributed by atoms with Gasteiger partial charge in [-0.1, -0.05) is 147 Å². The molecule has 0 fully saturated rings. The monoisotopic (exact) mass is 586 g/mol. The molecule has 3 heteroatoms. The Bertz CT molecular complexity index is 1350. The molecule has 3 nitrogen and oxygen atoms in total. The van der Waals surface area contributed by atoms with E-state index in [0.29, 0.717) is 18.6 Å². The third kappa shape index (κ3) is 8.50. The Morgan fingerprint density at radius 1 is 0.432 bits per heavy atom. The van der Waals surface area contributed by atoms with E-state index in [1.807, 2.05) is 121 Å². The standard InChI is InChI=1S/C41H46O3/c1-40(35-25-13-5-14-26-35,38(43)33-21-9-3-10-22-33)31-19-7-17-29-37(42)30-18-8-20-32-41(2,36-27-15-6-16-28-36)39(44)34-23-11-4-12-24-34/h3-6,9-16,21-28H,7-8,17-20,29-32H2,1-2H3. The molecule has 2 unspecified atom stereocenters. The molecule has 0 aliphatic heterocycles. The van der Waals surface area contributed by atoms with E-state index in [0.717, 1.165) is 73.6 Å². The summed E-state index contributed by atoms with van der Waals surface area (Å²) in [6.45, 7) is 4.11. The predicted octanol–water partition coefficient (Wildman–Crippen LogP) is 10.1. The van der Waals surface area contributed by atoms with E-state index in [1.165, 1.54) is 0 Å². The van der Waals surface area contributed by atoms with Gasteiger partial charge in [0.25, 0.3) is 0 Å². The Labute approximate surface area is 263 Å². The molecule has 0 aliphatic rings. The van der Waals surface area contributed by atoms with Crippen molar-refractivity contribution in [2.45, 2.75) is 88.9 Å². The van der Waals surface area contributed by atoms with Crippen LogP contribution in [0.2, 0.25) is 0 Å². The van der Waals surface area contributed by atoms with Gasteiger partial charge in [0.1, 0.15) is 5.78 Å². The quantitative estimate of drug-likeness (QED) is 0.0861. The summed E-state index contributed by atoms with van der Waals surface area (Å²) in [5.74, 6) is 0.603. The van der Waals surface area contributed by atoms with Crippen LogP contribution in [0.3, 0.4) is 0 Å². The predicted molar refractivity (Wildman–Crippen MR) is 180 cm³/mol. The number of carbonyl (C=O) groups excluding carboxylic acids is 3. The molecule has 0 radical (unpaired) electrons. The number of Topliss-reactive ketones (excluding diaryl/α,β-unsaturated/α-hetero) is 3. The molecule has 0 N–H and O–H groups in total. The van der Waals surface area contributed by atoms with Crippen LogP contribution in [0.15, 0.2) is 121 Å². The highest BCUT2D eigenvalue weighted by Crippen LogP contribution is 2.35. The summed E-state index contributed by atoms with van der Waals surface area (Å²) >= 11 is 0. The number of ketones is 3. The first-order chi connectivity index (χ1) is 21.3. The van der Waals surface area contributed by atoms with Crippen molar-refractivity contribution in [1.29, 1.82) is 0 Å². The number of hydrogen-bond donors (Lipinski definition) is 0. The van der Waals surface area contributed by atoms with Crippen molar-refractivity contribution < 1.29 is 14.4 Å². The largest absolute Gasteiger partial charge is 0.300 e. The third-order valence-corrected chi connectivity index (χ3v) is 9.16. The average Bonchev–Trinajstić information content (AvgIpc) is 3.08. The average molecular weight is 587 g/mol. The fraction of sp³-hybridized carbons (Fsp3) is 0.341. The van der Waals surface area contributed by atoms with E-state index >= 15 is 0 Å². The van der Waals surface area contributed by atoms with Gasteiger partial charge in [0.15, 0.2) is 11.6 Å². The first-order valence-corrected chi connectivity index (χ1v) is 16.2. The van der Waals surface area contributed by atoms with Crippen LogP contribution in [-0.2, 0) is 15.6 Å². The van der Waals surface area contributed by atoms with Crippen LogP contribution in [-0.4, -0.2) is 17.3 Å². The zero-order valence-electron chi connectivity index (χ0n) is 26.3. The van der Waals surface area contributed by atoms with Crippen molar-refractivity contribution in [2.75, 3.05) is 0 Å². The molecule has 4 rings (SSSR count). The molecule has 0 bridgehead atoms. The topological polar surface area (TPSA) is 51.2 Å². The van der Waals surface area contributed by atoms with Gasteiger partial charge in [-0.25, -0.2) is 0 Å². The van der Waals surface area contributed by atoms with Crippen molar-refractivity contribution in [1.82, 2.24) is 0 Å². The zero-order valence-corrected chi connectivity index (χ0v) is 26.3. The maximum absolute atomic E-state index is 13.6. The third-order valence-electron chi connectivity index (χ3n) is 9.16. The summed E-state index contributed by atoms with van der Waals surface area (Å²) in [5, 5.41) is 0. The minimum absolute atomic E-state index is 0.147. The second-order valence-electron chi connectivity index (χ2n) is 12.4. The van der Waals surface area contributed by atoms with E-state index in [9.17, 15) is 14.4 Å². The molecule has 0 aromatic heterocycles. The van der Waals surface area contributed by atoms with Gasteiger partial charge in [-0.3, -0.25) is 14.4 Å². The maximum atomic E-state index is 13.6. The first kappa shape index (κ1) is 32.8. The fourth-order valence-electron chi connectivity index (χ4n) is 6.29. The Morgan fingerprint density at radius 2 is 0.750 bits per heavy atom. The number of benzene rings is 4. The van der Waals surface area contributed by atoms with Crippen molar-refractivity contribution in [3.05, 3.63) is 144 Å². The number of rotatable bonds is 18. The van der Waals surface area contributed by atoms with Crippen molar-refractivity contribution in [2.24, 2.45) is 0 Å². The van der Waals surface area contributed by atoms with Gasteiger partial charge in [0.05, 0.1) is 10.8 Å². The molecule has 4 aromatic rings. The van der Waals surface area contributed by atoms with Crippen LogP contribution < -0.4 is 0 Å². The molecule has 0 amide bonds. The normalized spacial score (nSPS) is 13.9. The summed E-state index contributed by atoms with van der Waals surface area (Å²) in [6.07, 6.45) is 8.01. The van der Waals surface area contributed by atoms with E-state index in [4.69, 9.17) is 0 Å². The molecule has 2 atom stereocenters. The Morgan fingerprint density at radius 3 is 1.09 bits per heavy atom. The van der Waals surface area contributed by atoms with Gasteiger partial charge in [-0.15, -0.1) is 0 Å². The van der Waals surface area contributed by atoms with Gasteiger partial charge in [-0.05, 0) is 50.7 Å². The molecule has 0 spiro atoms. The minimum atomic E-state index is -0.594. The molecule has 228 valence electrons. The van der Waals surface area contributed by atoms with Crippen molar-refractivity contribution >= 4 is 17.3 Å². The van der Waals surface area contributed by atoms with Crippen molar-refractivity contribution in [3.63, 3.8) is 0 Å². The van der Waals surface area contributed by atoms with E-state index < -0.39 is 10.8 Å². The second kappa shape index (κ2) is 16.1. The lowest BCUT2D eigenvalue weighted by molar-refractivity contribution is -0.119. The Hall–Kier alpha value is -4.11. The molecule has 0 saturated heterocycles. The van der Waals surface area contributed by atoms with Gasteiger partial charge in [-0.2, -0.15) is 0 Å². The molecule has 0 saturated carbocycles. The highest BCUT2D eigenvalue weighted by Gasteiger charge is 2.36. The van der Waals surface area contributed by atoms with Gasteiger partial charge >= 0.3 is 0 Å². The highest BCUT2D eigenvalue weighted by atomic mass is 16.1. The molecule has 0 aliphatic carbocycles. The smallest absolute Gasteiger partial charge is 0.173 e. The summed E-state index contributed by atoms with van der Waals surface area (Å²) in [6, 6.07) is 39.2. The maximum Gasteiger partial charge on any atom is 0.173 e. The number of unbranched alkanes of at least 4 members (excludes halogenated alkanes) is 4. The fourth-order valence-corrected chi connectivity index (χ4v) is 6.29. The van der Waals surface area contributed by atoms with Gasteiger partial charge < -0.3 is 0 Å². The molecular weight excluding hydrogens is 540 g/mol. The van der Waals surface area contributed by atoms with Crippen LogP contribution >= 0.6 is 0 Å². The van der Waals surface area contributed by atoms with Crippen LogP contribution in [0.1, 0.15) is 110 Å². The minimum Gasteiger partial charge on any atom is -0.300 e. The Balaban J connectivity index is 1.21. The van der Waals surface area contributed by atoms with Crippen LogP contribution in [0.4, 0.5) is 0 Å². The van der Waals surface area contributed by atoms with Crippen molar-refractivity contribution in [3.8, 4) is 0 Å². The van der Waals surface area contributed by atoms with Crippen LogP contribution in [0, 0.1) is 0 Å². The molecule has 0 heterocycles. The highest BCUT2D eigenvalue weighted by molar-refractivity contribution is 6.04. The zero-order chi connectivity index (χ0) is 31.3. The van der Waals surface area contributed by atoms with E-state index in [-0.39, 0.29) is 11.6 Å². The second-order valence-corrected chi connectivity index (χ2v) is 12.4. The van der Waals surface area contributed by atoms with Gasteiger partial charge in [0, 0.05) is 24.0 Å².